The molecule has 0 radical (unpaired) electrons. The molecule has 8 nitrogen and oxygen atoms in total. The van der Waals surface area contributed by atoms with Gasteiger partial charge < -0.3 is 14.7 Å². The molecule has 4 saturated heterocycles. The van der Waals surface area contributed by atoms with Crippen molar-refractivity contribution in [3.63, 3.8) is 0 Å². The van der Waals surface area contributed by atoms with E-state index in [1.807, 2.05) is 29.2 Å². The van der Waals surface area contributed by atoms with E-state index in [0.717, 1.165) is 63.7 Å². The average molecular weight is 585 g/mol. The number of hydrogen-bond donors (Lipinski definition) is 1. The van der Waals surface area contributed by atoms with Crippen LogP contribution in [0.3, 0.4) is 0 Å². The maximum Gasteiger partial charge on any atom is 0.242 e. The van der Waals surface area contributed by atoms with Crippen molar-refractivity contribution in [2.24, 2.45) is 0 Å². The lowest BCUT2D eigenvalue weighted by molar-refractivity contribution is -0.143. The highest BCUT2D eigenvalue weighted by atomic mass is 35.5. The Morgan fingerprint density at radius 2 is 1.76 bits per heavy atom. The molecule has 0 aromatic carbocycles. The molecule has 2 aromatic rings. The predicted molar refractivity (Wildman–Crippen MR) is 149 cm³/mol. The van der Waals surface area contributed by atoms with E-state index >= 15 is 0 Å². The lowest BCUT2D eigenvalue weighted by Gasteiger charge is -2.51. The molecule has 12 heteroatoms. The minimum Gasteiger partial charge on any atom is -0.337 e. The van der Waals surface area contributed by atoms with Gasteiger partial charge in [0.1, 0.15) is 10.3 Å². The number of likely N-dealkylation sites (tertiary alicyclic amines) is 3. The molecule has 0 bridgehead atoms. The summed E-state index contributed by atoms with van der Waals surface area (Å²) in [6, 6.07) is 7.80. The lowest BCUT2D eigenvalue weighted by Crippen LogP contribution is -2.55. The SMILES string of the molecule is O=C1[C@@H](NS2(c3ccc(-c4ccc(Cl)s4)s3)OCO2)CCCN1CC(=O)N1CCC[C@H]1CN1CCCC1. The highest BCUT2D eigenvalue weighted by Gasteiger charge is 2.41. The molecule has 2 amide bonds. The van der Waals surface area contributed by atoms with Gasteiger partial charge in [0.2, 0.25) is 11.8 Å². The van der Waals surface area contributed by atoms with Gasteiger partial charge in [0.25, 0.3) is 0 Å². The third-order valence-electron chi connectivity index (χ3n) is 7.61. The molecule has 6 rings (SSSR count). The number of carbonyl (C=O) groups excluding carboxylic acids is 2. The quantitative estimate of drug-likeness (QED) is 0.484. The molecule has 202 valence electrons. The van der Waals surface area contributed by atoms with Gasteiger partial charge in [-0.05, 0) is 75.9 Å². The number of nitrogens with one attached hydrogen (secondary N) is 1. The van der Waals surface area contributed by atoms with Crippen molar-refractivity contribution in [1.29, 1.82) is 0 Å². The Balaban J connectivity index is 1.09. The zero-order valence-electron chi connectivity index (χ0n) is 20.7. The topological polar surface area (TPSA) is 74.3 Å². The van der Waals surface area contributed by atoms with Crippen LogP contribution in [0.15, 0.2) is 28.5 Å². The molecule has 0 spiro atoms. The fraction of sp³-hybridized carbons (Fsp3) is 0.600. The Bertz CT molecular complexity index is 1130. The Labute approximate surface area is 232 Å². The van der Waals surface area contributed by atoms with Crippen molar-refractivity contribution in [3.05, 3.63) is 28.6 Å². The Morgan fingerprint density at radius 3 is 2.49 bits per heavy atom. The second-order valence-corrected chi connectivity index (χ2v) is 15.3. The first-order valence-electron chi connectivity index (χ1n) is 13.1. The predicted octanol–water partition coefficient (Wildman–Crippen LogP) is 4.71. The standard InChI is InChI=1S/C25H33ClN4O4S3/c26-22-9-7-20(35-22)21-8-10-24(36-21)37(33-17-34-37)27-19-6-4-13-29(25(19)32)16-23(31)30-14-3-5-18(30)15-28-11-1-2-12-28/h7-10,18-19,27H,1-6,11-17H2/t18-,19-/m0/s1. The van der Waals surface area contributed by atoms with Crippen LogP contribution in [0.2, 0.25) is 4.34 Å². The fourth-order valence-corrected chi connectivity index (χ4v) is 10.3. The lowest BCUT2D eigenvalue weighted by atomic mass is 10.1. The third kappa shape index (κ3) is 5.47. The van der Waals surface area contributed by atoms with Crippen LogP contribution in [-0.2, 0) is 18.0 Å². The minimum absolute atomic E-state index is 0.0392. The largest absolute Gasteiger partial charge is 0.337 e. The molecule has 2 aromatic heterocycles. The molecular formula is C25H33ClN4O4S3. The second-order valence-electron chi connectivity index (χ2n) is 10.0. The smallest absolute Gasteiger partial charge is 0.242 e. The van der Waals surface area contributed by atoms with E-state index in [1.54, 1.807) is 16.2 Å². The molecule has 0 aliphatic carbocycles. The molecule has 4 fully saturated rings. The van der Waals surface area contributed by atoms with Crippen molar-refractivity contribution >= 4 is 56.9 Å². The van der Waals surface area contributed by atoms with E-state index < -0.39 is 16.8 Å². The molecule has 2 atom stereocenters. The number of nitrogens with zero attached hydrogens (tertiary/aromatic N) is 3. The van der Waals surface area contributed by atoms with Crippen LogP contribution in [-0.4, -0.2) is 84.7 Å². The molecule has 0 unspecified atom stereocenters. The molecular weight excluding hydrogens is 552 g/mol. The van der Waals surface area contributed by atoms with Crippen LogP contribution in [0.1, 0.15) is 38.5 Å². The summed E-state index contributed by atoms with van der Waals surface area (Å²) in [5, 5.41) is 0. The summed E-state index contributed by atoms with van der Waals surface area (Å²) in [6.07, 6.45) is 6.15. The van der Waals surface area contributed by atoms with Gasteiger partial charge in [0.15, 0.2) is 6.79 Å². The van der Waals surface area contributed by atoms with Crippen LogP contribution in [0.4, 0.5) is 0 Å². The first kappa shape index (κ1) is 26.1. The molecule has 4 aliphatic rings. The second kappa shape index (κ2) is 11.1. The Hall–Kier alpha value is -1.18. The van der Waals surface area contributed by atoms with E-state index in [-0.39, 0.29) is 31.2 Å². The van der Waals surface area contributed by atoms with Crippen LogP contribution in [0.5, 0.6) is 0 Å². The zero-order valence-corrected chi connectivity index (χ0v) is 23.9. The Morgan fingerprint density at radius 1 is 1.00 bits per heavy atom. The van der Waals surface area contributed by atoms with Crippen molar-refractivity contribution < 1.29 is 18.0 Å². The van der Waals surface area contributed by atoms with Crippen LogP contribution < -0.4 is 4.72 Å². The number of halogens is 1. The summed E-state index contributed by atoms with van der Waals surface area (Å²) in [5.41, 5.74) is 0. The van der Waals surface area contributed by atoms with E-state index in [9.17, 15) is 9.59 Å². The number of hydrogen-bond acceptors (Lipinski definition) is 8. The highest BCUT2D eigenvalue weighted by molar-refractivity contribution is 8.26. The fourth-order valence-electron chi connectivity index (χ4n) is 5.70. The van der Waals surface area contributed by atoms with Gasteiger partial charge in [-0.2, -0.15) is 0 Å². The Kier molecular flexibility index (Phi) is 7.84. The van der Waals surface area contributed by atoms with Gasteiger partial charge in [-0.3, -0.25) is 9.59 Å². The first-order chi connectivity index (χ1) is 18.0. The average Bonchev–Trinajstić information content (AvgIpc) is 3.67. The normalized spacial score (nSPS) is 27.0. The summed E-state index contributed by atoms with van der Waals surface area (Å²) < 4.78 is 17.1. The zero-order chi connectivity index (χ0) is 25.4. The summed E-state index contributed by atoms with van der Waals surface area (Å²) >= 11 is 9.26. The van der Waals surface area contributed by atoms with E-state index in [1.165, 1.54) is 24.2 Å². The molecule has 0 saturated carbocycles. The van der Waals surface area contributed by atoms with Crippen LogP contribution >= 0.6 is 45.1 Å². The van der Waals surface area contributed by atoms with E-state index in [0.29, 0.717) is 13.0 Å². The van der Waals surface area contributed by atoms with E-state index in [2.05, 4.69) is 9.62 Å². The van der Waals surface area contributed by atoms with Gasteiger partial charge in [-0.25, -0.2) is 13.1 Å². The summed E-state index contributed by atoms with van der Waals surface area (Å²) in [6.45, 7) is 5.00. The van der Waals surface area contributed by atoms with E-state index in [4.69, 9.17) is 20.0 Å². The summed E-state index contributed by atoms with van der Waals surface area (Å²) in [7, 11) is -2.19. The van der Waals surface area contributed by atoms with Crippen molar-refractivity contribution in [2.75, 3.05) is 46.1 Å². The molecule has 37 heavy (non-hydrogen) atoms. The molecule has 4 aliphatic heterocycles. The third-order valence-corrected chi connectivity index (χ3v) is 12.9. The van der Waals surface area contributed by atoms with Crippen molar-refractivity contribution in [3.8, 4) is 9.75 Å². The number of amides is 2. The van der Waals surface area contributed by atoms with Crippen molar-refractivity contribution in [2.45, 2.75) is 54.8 Å². The maximum absolute atomic E-state index is 13.5. The van der Waals surface area contributed by atoms with Crippen LogP contribution in [0, 0.1) is 0 Å². The minimum atomic E-state index is -2.19. The number of rotatable bonds is 8. The van der Waals surface area contributed by atoms with Gasteiger partial charge in [0.05, 0.1) is 10.9 Å². The van der Waals surface area contributed by atoms with Gasteiger partial charge >= 0.3 is 0 Å². The van der Waals surface area contributed by atoms with Crippen molar-refractivity contribution in [1.82, 2.24) is 19.4 Å². The molecule has 1 N–H and O–H groups in total. The van der Waals surface area contributed by atoms with Gasteiger partial charge in [0, 0.05) is 35.4 Å². The maximum atomic E-state index is 13.5. The van der Waals surface area contributed by atoms with Gasteiger partial charge in [-0.1, -0.05) is 22.4 Å². The van der Waals surface area contributed by atoms with Gasteiger partial charge in [-0.15, -0.1) is 22.7 Å². The highest BCUT2D eigenvalue weighted by Crippen LogP contribution is 2.64. The monoisotopic (exact) mass is 584 g/mol. The number of carbonyl (C=O) groups is 2. The summed E-state index contributed by atoms with van der Waals surface area (Å²) in [4.78, 5) is 35.2. The molecule has 6 heterocycles. The number of thiophene rings is 2. The number of piperidine rings is 1. The van der Waals surface area contributed by atoms with Crippen LogP contribution in [0.25, 0.3) is 9.75 Å². The summed E-state index contributed by atoms with van der Waals surface area (Å²) in [5.74, 6) is 0.0362. The first-order valence-corrected chi connectivity index (χ1v) is 16.6.